The van der Waals surface area contributed by atoms with E-state index >= 15 is 0 Å². The molecule has 9 heteroatoms. The van der Waals surface area contributed by atoms with Gasteiger partial charge in [0.1, 0.15) is 4.90 Å². The Labute approximate surface area is 178 Å². The summed E-state index contributed by atoms with van der Waals surface area (Å²) in [6.45, 7) is 2.64. The van der Waals surface area contributed by atoms with Gasteiger partial charge in [0.05, 0.1) is 16.3 Å². The van der Waals surface area contributed by atoms with Crippen LogP contribution < -0.4 is 0 Å². The predicted molar refractivity (Wildman–Crippen MR) is 115 cm³/mol. The fraction of sp³-hybridized carbons (Fsp3) is 0.286. The van der Waals surface area contributed by atoms with Crippen molar-refractivity contribution in [1.82, 2.24) is 19.5 Å². The van der Waals surface area contributed by atoms with E-state index in [0.29, 0.717) is 30.4 Å². The highest BCUT2D eigenvalue weighted by atomic mass is 32.2. The highest BCUT2D eigenvalue weighted by molar-refractivity contribution is 7.89. The number of fused-ring (bicyclic) bond motifs is 1. The number of aromatic nitrogens is 3. The molecule has 30 heavy (non-hydrogen) atoms. The molecule has 0 amide bonds. The van der Waals surface area contributed by atoms with Crippen LogP contribution in [0.1, 0.15) is 30.3 Å². The van der Waals surface area contributed by atoms with Crippen molar-refractivity contribution in [3.8, 4) is 10.8 Å². The third kappa shape index (κ3) is 3.42. The van der Waals surface area contributed by atoms with Gasteiger partial charge in [-0.05, 0) is 43.3 Å². The van der Waals surface area contributed by atoms with Crippen molar-refractivity contribution in [2.24, 2.45) is 0 Å². The van der Waals surface area contributed by atoms with Crippen LogP contribution in [0.15, 0.2) is 57.2 Å². The Hall–Kier alpha value is -2.62. The van der Waals surface area contributed by atoms with Crippen molar-refractivity contribution in [1.29, 1.82) is 0 Å². The first-order chi connectivity index (χ1) is 14.5. The van der Waals surface area contributed by atoms with Gasteiger partial charge in [-0.1, -0.05) is 24.3 Å². The van der Waals surface area contributed by atoms with Crippen LogP contribution in [0.2, 0.25) is 0 Å². The smallest absolute Gasteiger partial charge is 0.257 e. The maximum Gasteiger partial charge on any atom is 0.257 e. The number of rotatable bonds is 4. The lowest BCUT2D eigenvalue weighted by Crippen LogP contribution is -2.39. The second-order valence-corrected chi connectivity index (χ2v) is 10.3. The number of hydrogen-bond donors (Lipinski definition) is 0. The number of hydrogen-bond acceptors (Lipinski definition) is 7. The van der Waals surface area contributed by atoms with E-state index in [1.54, 1.807) is 12.1 Å². The van der Waals surface area contributed by atoms with Crippen LogP contribution in [0, 0.1) is 6.92 Å². The minimum atomic E-state index is -3.70. The zero-order valence-corrected chi connectivity index (χ0v) is 18.0. The fourth-order valence-electron chi connectivity index (χ4n) is 3.83. The van der Waals surface area contributed by atoms with Gasteiger partial charge in [0, 0.05) is 24.2 Å². The molecule has 1 atom stereocenters. The van der Waals surface area contributed by atoms with Crippen molar-refractivity contribution >= 4 is 32.3 Å². The molecule has 0 N–H and O–H groups in total. The Bertz CT molecular complexity index is 1300. The Morgan fingerprint density at radius 2 is 2.03 bits per heavy atom. The normalized spacial score (nSPS) is 18.1. The number of sulfonamides is 1. The lowest BCUT2D eigenvalue weighted by atomic mass is 10.00. The second-order valence-electron chi connectivity index (χ2n) is 7.41. The summed E-state index contributed by atoms with van der Waals surface area (Å²) in [5, 5.41) is 11.1. The summed E-state index contributed by atoms with van der Waals surface area (Å²) in [7, 11) is -3.70. The summed E-state index contributed by atoms with van der Waals surface area (Å²) >= 11 is 1.53. The maximum absolute atomic E-state index is 13.5. The van der Waals surface area contributed by atoms with E-state index in [9.17, 15) is 8.42 Å². The van der Waals surface area contributed by atoms with Crippen LogP contribution in [-0.4, -0.2) is 41.0 Å². The van der Waals surface area contributed by atoms with Gasteiger partial charge >= 0.3 is 0 Å². The monoisotopic (exact) mass is 440 g/mol. The van der Waals surface area contributed by atoms with E-state index in [4.69, 9.17) is 4.42 Å². The van der Waals surface area contributed by atoms with E-state index in [2.05, 4.69) is 15.2 Å². The molecular formula is C21H20N4O3S2. The van der Waals surface area contributed by atoms with Crippen LogP contribution in [0.25, 0.3) is 21.7 Å². The molecule has 4 heterocycles. The second kappa shape index (κ2) is 7.57. The average Bonchev–Trinajstić information content (AvgIpc) is 3.45. The molecule has 0 bridgehead atoms. The molecule has 7 nitrogen and oxygen atoms in total. The van der Waals surface area contributed by atoms with Crippen molar-refractivity contribution in [2.75, 3.05) is 13.1 Å². The van der Waals surface area contributed by atoms with Crippen molar-refractivity contribution in [3.63, 3.8) is 0 Å². The van der Waals surface area contributed by atoms with Crippen molar-refractivity contribution in [3.05, 3.63) is 59.4 Å². The Morgan fingerprint density at radius 1 is 1.13 bits per heavy atom. The molecule has 1 unspecified atom stereocenters. The van der Waals surface area contributed by atoms with Crippen LogP contribution in [0.4, 0.5) is 0 Å². The van der Waals surface area contributed by atoms with E-state index in [1.807, 2.05) is 42.6 Å². The molecule has 1 fully saturated rings. The third-order valence-electron chi connectivity index (χ3n) is 5.35. The lowest BCUT2D eigenvalue weighted by molar-refractivity contribution is 0.286. The molecular weight excluding hydrogens is 420 g/mol. The van der Waals surface area contributed by atoms with E-state index in [-0.39, 0.29) is 10.8 Å². The Kier molecular flexibility index (Phi) is 4.88. The van der Waals surface area contributed by atoms with E-state index in [1.165, 1.54) is 15.6 Å². The van der Waals surface area contributed by atoms with Gasteiger partial charge in [0.15, 0.2) is 0 Å². The minimum Gasteiger partial charge on any atom is -0.420 e. The zero-order valence-electron chi connectivity index (χ0n) is 16.4. The number of para-hydroxylation sites is 1. The number of piperidine rings is 1. The van der Waals surface area contributed by atoms with E-state index < -0.39 is 10.0 Å². The molecule has 1 aromatic carbocycles. The van der Waals surface area contributed by atoms with Crippen LogP contribution >= 0.6 is 11.3 Å². The van der Waals surface area contributed by atoms with Gasteiger partial charge in [0.2, 0.25) is 15.9 Å². The lowest BCUT2D eigenvalue weighted by Gasteiger charge is -2.30. The molecule has 1 aliphatic rings. The van der Waals surface area contributed by atoms with Crippen LogP contribution in [0.3, 0.4) is 0 Å². The van der Waals surface area contributed by atoms with Crippen LogP contribution in [0.5, 0.6) is 0 Å². The number of nitrogens with zero attached hydrogens (tertiary/aromatic N) is 4. The number of aryl methyl sites for hydroxylation is 1. The van der Waals surface area contributed by atoms with Crippen molar-refractivity contribution in [2.45, 2.75) is 30.6 Å². The summed E-state index contributed by atoms with van der Waals surface area (Å²) in [6.07, 6.45) is 1.54. The molecule has 0 aliphatic carbocycles. The molecule has 0 saturated carbocycles. The molecule has 3 aromatic heterocycles. The van der Waals surface area contributed by atoms with Gasteiger partial charge in [-0.3, -0.25) is 4.98 Å². The zero-order chi connectivity index (χ0) is 20.7. The van der Waals surface area contributed by atoms with Gasteiger partial charge < -0.3 is 4.42 Å². The quantitative estimate of drug-likeness (QED) is 0.472. The van der Waals surface area contributed by atoms with E-state index in [0.717, 1.165) is 28.8 Å². The first-order valence-corrected chi connectivity index (χ1v) is 12.1. The van der Waals surface area contributed by atoms with Crippen LogP contribution in [-0.2, 0) is 10.0 Å². The van der Waals surface area contributed by atoms with Gasteiger partial charge in [-0.25, -0.2) is 8.42 Å². The number of pyridine rings is 1. The summed E-state index contributed by atoms with van der Waals surface area (Å²) in [5.74, 6) is 0.846. The fourth-order valence-corrected chi connectivity index (χ4v) is 6.15. The summed E-state index contributed by atoms with van der Waals surface area (Å²) in [4.78, 5) is 5.65. The first-order valence-electron chi connectivity index (χ1n) is 9.76. The summed E-state index contributed by atoms with van der Waals surface area (Å²) < 4.78 is 34.4. The molecule has 0 spiro atoms. The Balaban J connectivity index is 1.45. The Morgan fingerprint density at radius 3 is 2.87 bits per heavy atom. The molecule has 5 rings (SSSR count). The third-order valence-corrected chi connectivity index (χ3v) is 8.10. The van der Waals surface area contributed by atoms with Gasteiger partial charge in [0.25, 0.3) is 5.89 Å². The topological polar surface area (TPSA) is 89.2 Å². The SMILES string of the molecule is Cc1ccc2cccc(S(=O)(=O)N3CCCC(c4nnc(-c5cccs5)o4)C3)c2n1. The largest absolute Gasteiger partial charge is 0.420 e. The van der Waals surface area contributed by atoms with Gasteiger partial charge in [-0.2, -0.15) is 4.31 Å². The molecule has 0 radical (unpaired) electrons. The number of thiophene rings is 1. The summed E-state index contributed by atoms with van der Waals surface area (Å²) in [6, 6.07) is 12.9. The molecule has 1 aliphatic heterocycles. The summed E-state index contributed by atoms with van der Waals surface area (Å²) in [5.41, 5.74) is 1.30. The highest BCUT2D eigenvalue weighted by Gasteiger charge is 2.34. The molecule has 154 valence electrons. The van der Waals surface area contributed by atoms with Gasteiger partial charge in [-0.15, -0.1) is 21.5 Å². The van der Waals surface area contributed by atoms with Crippen molar-refractivity contribution < 1.29 is 12.8 Å². The first kappa shape index (κ1) is 19.3. The standard InChI is InChI=1S/C21H20N4O3S2/c1-14-9-10-15-5-2-8-18(19(15)22-14)30(26,27)25-11-3-6-16(13-25)20-23-24-21(28-20)17-7-4-12-29-17/h2,4-5,7-10,12,16H,3,6,11,13H2,1H3. The minimum absolute atomic E-state index is 0.126. The highest BCUT2D eigenvalue weighted by Crippen LogP contribution is 2.33. The maximum atomic E-state index is 13.5. The average molecular weight is 441 g/mol. The predicted octanol–water partition coefficient (Wildman–Crippen LogP) is 4.22. The molecule has 4 aromatic rings. The molecule has 1 saturated heterocycles. The number of benzene rings is 1.